The van der Waals surface area contributed by atoms with Crippen molar-refractivity contribution in [1.82, 2.24) is 20.6 Å². The summed E-state index contributed by atoms with van der Waals surface area (Å²) in [5, 5.41) is 23.7. The Morgan fingerprint density at radius 1 is 0.784 bits per heavy atom. The van der Waals surface area contributed by atoms with Crippen LogP contribution in [0.1, 0.15) is 22.8 Å². The molecular weight excluding hydrogens is 468 g/mol. The molecule has 4 rings (SSSR count). The number of carbonyl (C=O) groups is 2. The van der Waals surface area contributed by atoms with Crippen molar-refractivity contribution in [2.75, 3.05) is 36.8 Å². The molecule has 9 heteroatoms. The van der Waals surface area contributed by atoms with Crippen molar-refractivity contribution in [3.63, 3.8) is 0 Å². The summed E-state index contributed by atoms with van der Waals surface area (Å²) in [5.74, 6) is 1.84. The van der Waals surface area contributed by atoms with E-state index in [2.05, 4.69) is 26.3 Å². The van der Waals surface area contributed by atoms with Gasteiger partial charge in [-0.15, -0.1) is 0 Å². The average Bonchev–Trinajstić information content (AvgIpc) is 2.90. The van der Waals surface area contributed by atoms with E-state index in [0.717, 1.165) is 21.9 Å². The highest BCUT2D eigenvalue weighted by molar-refractivity contribution is 5.98. The highest BCUT2D eigenvalue weighted by Crippen LogP contribution is 2.25. The molecule has 0 spiro atoms. The van der Waals surface area contributed by atoms with Crippen LogP contribution in [0.2, 0.25) is 0 Å². The average molecular weight is 499 g/mol. The summed E-state index contributed by atoms with van der Waals surface area (Å²) < 4.78 is 0. The smallest absolute Gasteiger partial charge is 0.251 e. The lowest BCUT2D eigenvalue weighted by atomic mass is 10.1. The molecule has 0 radical (unpaired) electrons. The Morgan fingerprint density at radius 2 is 1.41 bits per heavy atom. The van der Waals surface area contributed by atoms with Crippen LogP contribution in [-0.4, -0.2) is 53.1 Å². The van der Waals surface area contributed by atoms with Gasteiger partial charge in [0.2, 0.25) is 5.91 Å². The fraction of sp³-hybridized carbons (Fsp3) is 0.214. The third-order valence-corrected chi connectivity index (χ3v) is 5.76. The maximum atomic E-state index is 12.7. The van der Waals surface area contributed by atoms with Crippen molar-refractivity contribution in [3.8, 4) is 17.1 Å². The number of hydrogen-bond donors (Lipinski definition) is 5. The summed E-state index contributed by atoms with van der Waals surface area (Å²) in [6, 6.07) is 20.1. The second-order valence-corrected chi connectivity index (χ2v) is 8.57. The van der Waals surface area contributed by atoms with Crippen LogP contribution in [-0.2, 0) is 4.79 Å². The SMILES string of the molecule is CC(=O)NCCNc1nc(-c2ccccc2)nc(NCCNC(=O)c2ccc3cc(O)ccc3c2)c1C. The number of carbonyl (C=O) groups excluding carboxylic acids is 2. The Kier molecular flexibility index (Phi) is 8.15. The van der Waals surface area contributed by atoms with Gasteiger partial charge in [-0.1, -0.05) is 42.5 Å². The number of phenols is 1. The van der Waals surface area contributed by atoms with Crippen LogP contribution >= 0.6 is 0 Å². The van der Waals surface area contributed by atoms with Gasteiger partial charge in [0, 0.05) is 49.8 Å². The molecular formula is C28H30N6O3. The van der Waals surface area contributed by atoms with E-state index >= 15 is 0 Å². The van der Waals surface area contributed by atoms with E-state index in [1.165, 1.54) is 6.92 Å². The zero-order valence-electron chi connectivity index (χ0n) is 20.8. The van der Waals surface area contributed by atoms with Crippen LogP contribution in [0.3, 0.4) is 0 Å². The van der Waals surface area contributed by atoms with Gasteiger partial charge in [0.05, 0.1) is 0 Å². The number of rotatable bonds is 10. The van der Waals surface area contributed by atoms with E-state index in [4.69, 9.17) is 4.98 Å². The maximum Gasteiger partial charge on any atom is 0.251 e. The number of fused-ring (bicyclic) bond motifs is 1. The lowest BCUT2D eigenvalue weighted by Crippen LogP contribution is -2.29. The standard InChI is InChI=1S/C28H30N6O3/c1-18-25(30-13-12-29-19(2)35)33-27(20-6-4-3-5-7-20)34-26(18)31-14-15-32-28(37)23-9-8-22-17-24(36)11-10-21(22)16-23/h3-11,16-17,36H,12-15H2,1-2H3,(H,29,35)(H,32,37)(H2,30,31,33,34). The predicted octanol–water partition coefficient (Wildman–Crippen LogP) is 3.70. The van der Waals surface area contributed by atoms with Crippen molar-refractivity contribution in [2.24, 2.45) is 0 Å². The highest BCUT2D eigenvalue weighted by atomic mass is 16.3. The van der Waals surface area contributed by atoms with Crippen molar-refractivity contribution in [1.29, 1.82) is 0 Å². The fourth-order valence-electron chi connectivity index (χ4n) is 3.83. The number of hydrogen-bond acceptors (Lipinski definition) is 7. The molecule has 190 valence electrons. The van der Waals surface area contributed by atoms with Crippen LogP contribution in [0.5, 0.6) is 5.75 Å². The zero-order chi connectivity index (χ0) is 26.2. The minimum atomic E-state index is -0.179. The molecule has 9 nitrogen and oxygen atoms in total. The number of aromatic hydroxyl groups is 1. The molecule has 37 heavy (non-hydrogen) atoms. The molecule has 1 aromatic heterocycles. The molecule has 0 bridgehead atoms. The lowest BCUT2D eigenvalue weighted by molar-refractivity contribution is -0.118. The molecule has 0 fully saturated rings. The predicted molar refractivity (Wildman–Crippen MR) is 146 cm³/mol. The van der Waals surface area contributed by atoms with Gasteiger partial charge in [-0.05, 0) is 42.0 Å². The van der Waals surface area contributed by atoms with Gasteiger partial charge in [0.25, 0.3) is 5.91 Å². The first-order valence-corrected chi connectivity index (χ1v) is 12.1. The number of phenolic OH excluding ortho intramolecular Hbond substituents is 1. The number of nitrogens with one attached hydrogen (secondary N) is 4. The molecule has 0 aliphatic rings. The molecule has 1 heterocycles. The van der Waals surface area contributed by atoms with Crippen LogP contribution in [0, 0.1) is 6.92 Å². The van der Waals surface area contributed by atoms with E-state index in [1.54, 1.807) is 30.3 Å². The van der Waals surface area contributed by atoms with Crippen molar-refractivity contribution < 1.29 is 14.7 Å². The largest absolute Gasteiger partial charge is 0.508 e. The highest BCUT2D eigenvalue weighted by Gasteiger charge is 2.13. The van der Waals surface area contributed by atoms with E-state index in [1.807, 2.05) is 43.3 Å². The topological polar surface area (TPSA) is 128 Å². The van der Waals surface area contributed by atoms with Gasteiger partial charge in [0.15, 0.2) is 5.82 Å². The molecule has 4 aromatic rings. The van der Waals surface area contributed by atoms with E-state index < -0.39 is 0 Å². The van der Waals surface area contributed by atoms with E-state index in [0.29, 0.717) is 49.2 Å². The number of benzene rings is 3. The summed E-state index contributed by atoms with van der Waals surface area (Å²) in [7, 11) is 0. The lowest BCUT2D eigenvalue weighted by Gasteiger charge is -2.16. The van der Waals surface area contributed by atoms with Gasteiger partial charge in [-0.25, -0.2) is 9.97 Å². The Balaban J connectivity index is 1.41. The molecule has 0 aliphatic carbocycles. The number of amides is 2. The summed E-state index contributed by atoms with van der Waals surface area (Å²) in [4.78, 5) is 33.2. The molecule has 0 atom stereocenters. The molecule has 0 aliphatic heterocycles. The normalized spacial score (nSPS) is 10.6. The van der Waals surface area contributed by atoms with Gasteiger partial charge in [-0.2, -0.15) is 0 Å². The molecule has 0 saturated carbocycles. The van der Waals surface area contributed by atoms with Gasteiger partial charge in [-0.3, -0.25) is 9.59 Å². The van der Waals surface area contributed by atoms with Crippen LogP contribution in [0.4, 0.5) is 11.6 Å². The minimum absolute atomic E-state index is 0.0847. The third-order valence-electron chi connectivity index (χ3n) is 5.76. The second-order valence-electron chi connectivity index (χ2n) is 8.57. The molecule has 0 unspecified atom stereocenters. The number of anilines is 2. The van der Waals surface area contributed by atoms with Crippen molar-refractivity contribution in [2.45, 2.75) is 13.8 Å². The van der Waals surface area contributed by atoms with Gasteiger partial charge >= 0.3 is 0 Å². The quantitative estimate of drug-likeness (QED) is 0.211. The second kappa shape index (κ2) is 11.9. The van der Waals surface area contributed by atoms with Gasteiger partial charge in [0.1, 0.15) is 17.4 Å². The van der Waals surface area contributed by atoms with Crippen molar-refractivity contribution >= 4 is 34.2 Å². The molecule has 0 saturated heterocycles. The number of aromatic nitrogens is 2. The Bertz CT molecular complexity index is 1410. The van der Waals surface area contributed by atoms with Crippen molar-refractivity contribution in [3.05, 3.63) is 77.9 Å². The van der Waals surface area contributed by atoms with Crippen LogP contribution in [0.25, 0.3) is 22.2 Å². The monoisotopic (exact) mass is 498 g/mol. The van der Waals surface area contributed by atoms with Gasteiger partial charge < -0.3 is 26.4 Å². The minimum Gasteiger partial charge on any atom is -0.508 e. The van der Waals surface area contributed by atoms with Crippen LogP contribution in [0.15, 0.2) is 66.7 Å². The van der Waals surface area contributed by atoms with Crippen LogP contribution < -0.4 is 21.3 Å². The Morgan fingerprint density at radius 3 is 2.08 bits per heavy atom. The fourth-order valence-corrected chi connectivity index (χ4v) is 3.83. The number of nitrogens with zero attached hydrogens (tertiary/aromatic N) is 2. The summed E-state index contributed by atoms with van der Waals surface area (Å²) >= 11 is 0. The summed E-state index contributed by atoms with van der Waals surface area (Å²) in [5.41, 5.74) is 2.27. The summed E-state index contributed by atoms with van der Waals surface area (Å²) in [6.45, 7) is 5.25. The Labute approximate surface area is 215 Å². The molecule has 3 aromatic carbocycles. The van der Waals surface area contributed by atoms with E-state index in [-0.39, 0.29) is 17.6 Å². The molecule has 5 N–H and O–H groups in total. The van der Waals surface area contributed by atoms with E-state index in [9.17, 15) is 14.7 Å². The third kappa shape index (κ3) is 6.72. The zero-order valence-corrected chi connectivity index (χ0v) is 20.8. The first-order valence-electron chi connectivity index (χ1n) is 12.1. The first-order chi connectivity index (χ1) is 17.9. The first kappa shape index (κ1) is 25.4. The Hall–Kier alpha value is -4.66. The summed E-state index contributed by atoms with van der Waals surface area (Å²) in [6.07, 6.45) is 0. The molecule has 2 amide bonds. The maximum absolute atomic E-state index is 12.7.